The van der Waals surface area contributed by atoms with E-state index in [-0.39, 0.29) is 0 Å². The zero-order valence-corrected chi connectivity index (χ0v) is 47.8. The Morgan fingerprint density at radius 2 is 0.942 bits per heavy atom. The van der Waals surface area contributed by atoms with E-state index in [1.54, 1.807) is 6.20 Å². The predicted molar refractivity (Wildman–Crippen MR) is 361 cm³/mol. The van der Waals surface area contributed by atoms with E-state index in [0.717, 1.165) is 50.2 Å². The first-order valence-electron chi connectivity index (χ1n) is 29.3. The van der Waals surface area contributed by atoms with Crippen LogP contribution in [0.3, 0.4) is 0 Å². The molecule has 1 aliphatic rings. The first kappa shape index (κ1) is 48.6. The van der Waals surface area contributed by atoms with E-state index in [0.29, 0.717) is 23.3 Å². The van der Waals surface area contributed by atoms with Gasteiger partial charge in [0.2, 0.25) is 5.95 Å². The minimum atomic E-state index is -0.445. The minimum absolute atomic E-state index is 0.445. The zero-order valence-electron chi connectivity index (χ0n) is 47.0. The number of fused-ring (bicyclic) bond motifs is 19. The molecule has 0 fully saturated rings. The van der Waals surface area contributed by atoms with E-state index < -0.39 is 5.41 Å². The van der Waals surface area contributed by atoms with Crippen molar-refractivity contribution in [1.29, 1.82) is 0 Å². The van der Waals surface area contributed by atoms with Crippen LogP contribution < -0.4 is 4.90 Å². The lowest BCUT2D eigenvalue weighted by Gasteiger charge is -2.26. The van der Waals surface area contributed by atoms with E-state index in [4.69, 9.17) is 19.9 Å². The van der Waals surface area contributed by atoms with Crippen LogP contribution in [-0.4, -0.2) is 24.5 Å². The fourth-order valence-corrected chi connectivity index (χ4v) is 15.5. The van der Waals surface area contributed by atoms with Crippen molar-refractivity contribution < 1.29 is 0 Å². The van der Waals surface area contributed by atoms with E-state index >= 15 is 0 Å². The Hall–Kier alpha value is -10.9. The van der Waals surface area contributed by atoms with Gasteiger partial charge >= 0.3 is 0 Å². The number of nitrogens with zero attached hydrogens (tertiary/aromatic N) is 6. The maximum absolute atomic E-state index is 5.39. The van der Waals surface area contributed by atoms with Gasteiger partial charge in [-0.2, -0.15) is 9.97 Å². The van der Waals surface area contributed by atoms with E-state index in [9.17, 15) is 0 Å². The molecule has 0 N–H and O–H groups in total. The summed E-state index contributed by atoms with van der Waals surface area (Å²) in [5, 5.41) is 17.4. The van der Waals surface area contributed by atoms with Crippen LogP contribution in [0.15, 0.2) is 267 Å². The Kier molecular flexibility index (Phi) is 10.5. The van der Waals surface area contributed by atoms with Crippen LogP contribution in [0.2, 0.25) is 0 Å². The van der Waals surface area contributed by atoms with E-state index in [1.165, 1.54) is 102 Å². The molecular formula is C79H50N6S. The van der Waals surface area contributed by atoms with Gasteiger partial charge < -0.3 is 4.90 Å². The van der Waals surface area contributed by atoms with Crippen molar-refractivity contribution in [1.82, 2.24) is 24.5 Å². The molecule has 6 nitrogen and oxygen atoms in total. The van der Waals surface area contributed by atoms with Crippen LogP contribution in [0, 0.1) is 0 Å². The second kappa shape index (κ2) is 18.6. The number of hydrogen-bond acceptors (Lipinski definition) is 6. The summed E-state index contributed by atoms with van der Waals surface area (Å²) in [5.41, 5.74) is 13.8. The lowest BCUT2D eigenvalue weighted by Crippen LogP contribution is -2.16. The molecule has 0 radical (unpaired) electrons. The van der Waals surface area contributed by atoms with Crippen molar-refractivity contribution in [3.63, 3.8) is 0 Å². The van der Waals surface area contributed by atoms with Crippen LogP contribution >= 0.6 is 11.3 Å². The van der Waals surface area contributed by atoms with Crippen LogP contribution in [0.5, 0.6) is 0 Å². The van der Waals surface area contributed by atoms with Gasteiger partial charge in [0.1, 0.15) is 5.69 Å². The fourth-order valence-electron chi connectivity index (χ4n) is 14.4. The molecule has 13 aromatic carbocycles. The average Bonchev–Trinajstić information content (AvgIpc) is 1.53. The summed E-state index contributed by atoms with van der Waals surface area (Å²) in [6.45, 7) is 4.87. The van der Waals surface area contributed by atoms with Crippen molar-refractivity contribution in [2.75, 3.05) is 4.90 Å². The number of anilines is 3. The number of pyridine rings is 1. The highest BCUT2D eigenvalue weighted by atomic mass is 32.1. The van der Waals surface area contributed by atoms with Crippen LogP contribution in [0.25, 0.3) is 147 Å². The molecule has 0 amide bonds. The molecule has 0 saturated heterocycles. The number of aromatic nitrogens is 5. The van der Waals surface area contributed by atoms with Crippen molar-refractivity contribution >= 4 is 124 Å². The smallest absolute Gasteiger partial charge is 0.238 e. The van der Waals surface area contributed by atoms with E-state index in [2.05, 4.69) is 248 Å². The molecule has 0 spiro atoms. The number of benzene rings is 13. The highest BCUT2D eigenvalue weighted by molar-refractivity contribution is 7.25. The van der Waals surface area contributed by atoms with Crippen molar-refractivity contribution in [3.8, 4) is 51.1 Å². The molecular weight excluding hydrogens is 1060 g/mol. The average molecular weight is 1120 g/mol. The Morgan fingerprint density at radius 3 is 1.74 bits per heavy atom. The molecule has 402 valence electrons. The molecule has 1 aliphatic carbocycles. The Labute approximate surface area is 499 Å². The van der Waals surface area contributed by atoms with Gasteiger partial charge in [-0.3, -0.25) is 9.55 Å². The fraction of sp³-hybridized carbons (Fsp3) is 0.0380. The van der Waals surface area contributed by atoms with Crippen LogP contribution in [0.1, 0.15) is 25.0 Å². The molecule has 4 heterocycles. The SMILES string of the molecule is CC1(C)c2c(ccc3c4ccccc4c4ccccc4c23)-c2ccc3c(c21)c1cc(-c2cccc(N(c4ccc5cc6ccccc6cc5c4)c4ccc5c(c4)sc4ccccc45)c2)ccc1n3-c1nc(-c2ccccc2)nc(-c2ccccn2)n1. The van der Waals surface area contributed by atoms with Gasteiger partial charge in [0.15, 0.2) is 11.6 Å². The second-order valence-electron chi connectivity index (χ2n) is 23.3. The highest BCUT2D eigenvalue weighted by Crippen LogP contribution is 2.57. The number of hydrogen-bond donors (Lipinski definition) is 0. The third kappa shape index (κ3) is 7.31. The summed E-state index contributed by atoms with van der Waals surface area (Å²) in [7, 11) is 0. The summed E-state index contributed by atoms with van der Waals surface area (Å²) in [6, 6.07) is 95.3. The summed E-state index contributed by atoms with van der Waals surface area (Å²) >= 11 is 1.85. The highest BCUT2D eigenvalue weighted by Gasteiger charge is 2.40. The zero-order chi connectivity index (χ0) is 56.8. The third-order valence-electron chi connectivity index (χ3n) is 18.1. The van der Waals surface area contributed by atoms with Crippen molar-refractivity contribution in [2.45, 2.75) is 19.3 Å². The van der Waals surface area contributed by atoms with Crippen LogP contribution in [-0.2, 0) is 5.41 Å². The Bertz CT molecular complexity index is 5610. The Balaban J connectivity index is 0.876. The van der Waals surface area contributed by atoms with E-state index in [1.807, 2.05) is 47.7 Å². The third-order valence-corrected chi connectivity index (χ3v) is 19.3. The predicted octanol–water partition coefficient (Wildman–Crippen LogP) is 21.3. The minimum Gasteiger partial charge on any atom is -0.310 e. The first-order chi connectivity index (χ1) is 42.4. The van der Waals surface area contributed by atoms with Gasteiger partial charge in [0, 0.05) is 65.2 Å². The van der Waals surface area contributed by atoms with Crippen LogP contribution in [0.4, 0.5) is 17.1 Å². The first-order valence-corrected chi connectivity index (χ1v) is 30.2. The molecule has 0 unspecified atom stereocenters. The maximum Gasteiger partial charge on any atom is 0.238 e. The number of thiophene rings is 1. The standard InChI is InChI=1S/C79H50N6S/c1-79(2)74-64(36-35-63-59-25-9-8-23-57(59)58-24-10-11-27-62(58)72(63)74)65-37-39-69-73(75(65)79)66-45-52(31-38-68(66)85(69)78-82-76(47-17-4-3-5-18-47)81-77(83-78)67-28-14-15-40-80-67)50-21-16-22-54(43-50)84(56-33-34-61-60-26-12-13-29-70(60)86-71(61)46-56)55-32-30-51-41-48-19-6-7-20-49(48)42-53(51)44-55/h3-46H,1-2H3. The lowest BCUT2D eigenvalue weighted by atomic mass is 9.77. The molecule has 17 aromatic rings. The molecule has 0 bridgehead atoms. The summed E-state index contributed by atoms with van der Waals surface area (Å²) < 4.78 is 4.81. The summed E-state index contributed by atoms with van der Waals surface area (Å²) in [6.07, 6.45) is 1.79. The topological polar surface area (TPSA) is 59.7 Å². The maximum atomic E-state index is 5.39. The van der Waals surface area contributed by atoms with Gasteiger partial charge in [-0.25, -0.2) is 4.98 Å². The quantitative estimate of drug-likeness (QED) is 0.118. The normalized spacial score (nSPS) is 12.9. The van der Waals surface area contributed by atoms with Gasteiger partial charge in [0.05, 0.1) is 11.0 Å². The summed E-state index contributed by atoms with van der Waals surface area (Å²) in [4.78, 5) is 23.0. The van der Waals surface area contributed by atoms with Crippen molar-refractivity contribution in [2.24, 2.45) is 0 Å². The van der Waals surface area contributed by atoms with Crippen molar-refractivity contribution in [3.05, 3.63) is 278 Å². The molecule has 4 aromatic heterocycles. The van der Waals surface area contributed by atoms with Gasteiger partial charge in [-0.1, -0.05) is 190 Å². The molecule has 86 heavy (non-hydrogen) atoms. The van der Waals surface area contributed by atoms with Gasteiger partial charge in [0.25, 0.3) is 0 Å². The lowest BCUT2D eigenvalue weighted by molar-refractivity contribution is 0.673. The summed E-state index contributed by atoms with van der Waals surface area (Å²) in [5.74, 6) is 1.61. The van der Waals surface area contributed by atoms with Gasteiger partial charge in [-0.15, -0.1) is 11.3 Å². The van der Waals surface area contributed by atoms with Gasteiger partial charge in [-0.05, 0) is 172 Å². The number of rotatable bonds is 7. The second-order valence-corrected chi connectivity index (χ2v) is 24.4. The monoisotopic (exact) mass is 1110 g/mol. The molecule has 0 aliphatic heterocycles. The Morgan fingerprint density at radius 1 is 0.360 bits per heavy atom. The molecule has 0 saturated carbocycles. The molecule has 18 rings (SSSR count). The largest absolute Gasteiger partial charge is 0.310 e. The molecule has 0 atom stereocenters. The molecule has 7 heteroatoms.